The van der Waals surface area contributed by atoms with Crippen LogP contribution in [0.1, 0.15) is 26.2 Å². The molecule has 0 aromatic heterocycles. The first-order chi connectivity index (χ1) is 12.4. The zero-order chi connectivity index (χ0) is 18.8. The summed E-state index contributed by atoms with van der Waals surface area (Å²) >= 11 is 12.2. The third-order valence-electron chi connectivity index (χ3n) is 4.79. The Labute approximate surface area is 162 Å². The fourth-order valence-corrected chi connectivity index (χ4v) is 3.92. The summed E-state index contributed by atoms with van der Waals surface area (Å²) in [6.07, 6.45) is 1.57. The quantitative estimate of drug-likeness (QED) is 0.576. The maximum absolute atomic E-state index is 12.9. The number of halogens is 2. The van der Waals surface area contributed by atoms with Gasteiger partial charge < -0.3 is 4.74 Å². The van der Waals surface area contributed by atoms with E-state index in [1.807, 2.05) is 4.90 Å². The third kappa shape index (κ3) is 3.72. The Bertz CT molecular complexity index is 740. The van der Waals surface area contributed by atoms with Crippen LogP contribution in [0.2, 0.25) is 10.0 Å². The van der Waals surface area contributed by atoms with Gasteiger partial charge >= 0.3 is 5.97 Å². The number of hydrogen-bond donors (Lipinski definition) is 0. The summed E-state index contributed by atoms with van der Waals surface area (Å²) in [5, 5.41) is 0.689. The molecule has 2 saturated heterocycles. The average Bonchev–Trinajstić information content (AvgIpc) is 2.92. The number of hydrogen-bond acceptors (Lipinski definition) is 5. The van der Waals surface area contributed by atoms with E-state index >= 15 is 0 Å². The number of benzene rings is 1. The second-order valence-corrected chi connectivity index (χ2v) is 7.31. The molecule has 3 rings (SSSR count). The van der Waals surface area contributed by atoms with Crippen LogP contribution in [-0.4, -0.2) is 48.4 Å². The van der Waals surface area contributed by atoms with E-state index in [0.717, 1.165) is 17.7 Å². The van der Waals surface area contributed by atoms with E-state index in [0.29, 0.717) is 35.4 Å². The molecule has 0 radical (unpaired) electrons. The van der Waals surface area contributed by atoms with E-state index in [1.165, 1.54) is 6.07 Å². The molecule has 1 aromatic carbocycles. The molecule has 6 nitrogen and oxygen atoms in total. The SMILES string of the molecule is CCOC(=O)[C@H]1CCCN([C@@H]2CC(=O)N(c3cc(Cl)ccc3Cl)C2=O)C1. The van der Waals surface area contributed by atoms with Gasteiger partial charge in [0.2, 0.25) is 5.91 Å². The number of ether oxygens (including phenoxy) is 1. The largest absolute Gasteiger partial charge is 0.466 e. The number of carbonyl (C=O) groups is 3. The number of nitrogens with zero attached hydrogens (tertiary/aromatic N) is 2. The van der Waals surface area contributed by atoms with Crippen molar-refractivity contribution in [2.24, 2.45) is 5.92 Å². The monoisotopic (exact) mass is 398 g/mol. The lowest BCUT2D eigenvalue weighted by Gasteiger charge is -2.34. The van der Waals surface area contributed by atoms with Crippen LogP contribution in [0.3, 0.4) is 0 Å². The average molecular weight is 399 g/mol. The molecular formula is C18H20Cl2N2O4. The molecular weight excluding hydrogens is 379 g/mol. The molecule has 0 spiro atoms. The van der Waals surface area contributed by atoms with E-state index < -0.39 is 6.04 Å². The van der Waals surface area contributed by atoms with Crippen molar-refractivity contribution in [3.8, 4) is 0 Å². The van der Waals surface area contributed by atoms with Crippen LogP contribution in [0.25, 0.3) is 0 Å². The number of anilines is 1. The standard InChI is InChI=1S/C18H20Cl2N2O4/c1-2-26-18(25)11-4-3-7-21(10-11)15-9-16(23)22(17(15)24)14-8-12(19)5-6-13(14)20/h5-6,8,11,15H,2-4,7,9-10H2,1H3/t11-,15+/m0/s1. The number of imide groups is 1. The van der Waals surface area contributed by atoms with Crippen LogP contribution in [0, 0.1) is 5.92 Å². The van der Waals surface area contributed by atoms with Gasteiger partial charge in [0.05, 0.1) is 35.7 Å². The minimum Gasteiger partial charge on any atom is -0.466 e. The zero-order valence-electron chi connectivity index (χ0n) is 14.4. The molecule has 2 atom stereocenters. The molecule has 140 valence electrons. The van der Waals surface area contributed by atoms with Gasteiger partial charge in [0, 0.05) is 11.6 Å². The van der Waals surface area contributed by atoms with Crippen LogP contribution < -0.4 is 4.90 Å². The van der Waals surface area contributed by atoms with Gasteiger partial charge in [-0.15, -0.1) is 0 Å². The highest BCUT2D eigenvalue weighted by molar-refractivity contribution is 6.37. The fourth-order valence-electron chi connectivity index (χ4n) is 3.55. The predicted molar refractivity (Wildman–Crippen MR) is 98.3 cm³/mol. The molecule has 2 aliphatic rings. The zero-order valence-corrected chi connectivity index (χ0v) is 15.9. The number of rotatable bonds is 4. The third-order valence-corrected chi connectivity index (χ3v) is 5.34. The number of carbonyl (C=O) groups excluding carboxylic acids is 3. The Kier molecular flexibility index (Phi) is 5.85. The first kappa shape index (κ1) is 19.1. The Morgan fingerprint density at radius 2 is 2.08 bits per heavy atom. The summed E-state index contributed by atoms with van der Waals surface area (Å²) in [5.74, 6) is -1.16. The Balaban J connectivity index is 1.78. The maximum atomic E-state index is 12.9. The van der Waals surface area contributed by atoms with Crippen molar-refractivity contribution >= 4 is 46.7 Å². The molecule has 2 fully saturated rings. The molecule has 0 aliphatic carbocycles. The molecule has 1 aromatic rings. The molecule has 0 unspecified atom stereocenters. The van der Waals surface area contributed by atoms with Gasteiger partial charge in [-0.05, 0) is 44.5 Å². The first-order valence-electron chi connectivity index (χ1n) is 8.65. The molecule has 0 saturated carbocycles. The second-order valence-electron chi connectivity index (χ2n) is 6.47. The summed E-state index contributed by atoms with van der Waals surface area (Å²) in [5.41, 5.74) is 0.301. The van der Waals surface area contributed by atoms with E-state index in [1.54, 1.807) is 19.1 Å². The summed E-state index contributed by atoms with van der Waals surface area (Å²) in [6.45, 7) is 3.18. The van der Waals surface area contributed by atoms with E-state index in [4.69, 9.17) is 27.9 Å². The molecule has 2 amide bonds. The van der Waals surface area contributed by atoms with Crippen molar-refractivity contribution in [3.05, 3.63) is 28.2 Å². The highest BCUT2D eigenvalue weighted by Crippen LogP contribution is 2.34. The highest BCUT2D eigenvalue weighted by Gasteiger charge is 2.45. The van der Waals surface area contributed by atoms with Gasteiger partial charge in [-0.1, -0.05) is 23.2 Å². The molecule has 2 aliphatic heterocycles. The summed E-state index contributed by atoms with van der Waals surface area (Å²) in [7, 11) is 0. The van der Waals surface area contributed by atoms with Crippen molar-refractivity contribution in [2.75, 3.05) is 24.6 Å². The van der Waals surface area contributed by atoms with Crippen molar-refractivity contribution < 1.29 is 19.1 Å². The van der Waals surface area contributed by atoms with E-state index in [2.05, 4.69) is 0 Å². The van der Waals surface area contributed by atoms with Crippen molar-refractivity contribution in [2.45, 2.75) is 32.2 Å². The topological polar surface area (TPSA) is 66.9 Å². The van der Waals surface area contributed by atoms with Crippen molar-refractivity contribution in [1.29, 1.82) is 0 Å². The predicted octanol–water partition coefficient (Wildman–Crippen LogP) is 2.90. The lowest BCUT2D eigenvalue weighted by Crippen LogP contribution is -2.48. The van der Waals surface area contributed by atoms with Crippen molar-refractivity contribution in [1.82, 2.24) is 4.90 Å². The van der Waals surface area contributed by atoms with E-state index in [-0.39, 0.29) is 30.1 Å². The van der Waals surface area contributed by atoms with Gasteiger partial charge in [-0.2, -0.15) is 0 Å². The molecule has 26 heavy (non-hydrogen) atoms. The van der Waals surface area contributed by atoms with Gasteiger partial charge in [-0.25, -0.2) is 4.90 Å². The van der Waals surface area contributed by atoms with E-state index in [9.17, 15) is 14.4 Å². The number of esters is 1. The summed E-state index contributed by atoms with van der Waals surface area (Å²) in [4.78, 5) is 40.5. The number of amides is 2. The van der Waals surface area contributed by atoms with Crippen molar-refractivity contribution in [3.63, 3.8) is 0 Å². The van der Waals surface area contributed by atoms with Crippen LogP contribution >= 0.6 is 23.2 Å². The number of likely N-dealkylation sites (tertiary alicyclic amines) is 1. The van der Waals surface area contributed by atoms with Crippen LogP contribution in [0.15, 0.2) is 18.2 Å². The Morgan fingerprint density at radius 3 is 2.81 bits per heavy atom. The second kappa shape index (κ2) is 7.94. The Hall–Kier alpha value is -1.63. The Morgan fingerprint density at radius 1 is 1.31 bits per heavy atom. The smallest absolute Gasteiger partial charge is 0.310 e. The molecule has 8 heteroatoms. The highest BCUT2D eigenvalue weighted by atomic mass is 35.5. The molecule has 0 N–H and O–H groups in total. The number of piperidine rings is 1. The maximum Gasteiger partial charge on any atom is 0.310 e. The van der Waals surface area contributed by atoms with Gasteiger partial charge in [-0.3, -0.25) is 19.3 Å². The molecule has 0 bridgehead atoms. The van der Waals surface area contributed by atoms with Gasteiger partial charge in [0.15, 0.2) is 0 Å². The van der Waals surface area contributed by atoms with Crippen LogP contribution in [0.5, 0.6) is 0 Å². The fraction of sp³-hybridized carbons (Fsp3) is 0.500. The first-order valence-corrected chi connectivity index (χ1v) is 9.40. The van der Waals surface area contributed by atoms with Gasteiger partial charge in [0.25, 0.3) is 5.91 Å². The summed E-state index contributed by atoms with van der Waals surface area (Å²) in [6, 6.07) is 4.09. The lowest BCUT2D eigenvalue weighted by molar-refractivity contribution is -0.150. The van der Waals surface area contributed by atoms with Crippen LogP contribution in [-0.2, 0) is 19.1 Å². The summed E-state index contributed by atoms with van der Waals surface area (Å²) < 4.78 is 5.10. The molecule has 2 heterocycles. The minimum atomic E-state index is -0.588. The van der Waals surface area contributed by atoms with Crippen LogP contribution in [0.4, 0.5) is 5.69 Å². The van der Waals surface area contributed by atoms with Gasteiger partial charge in [0.1, 0.15) is 0 Å². The minimum absolute atomic E-state index is 0.0667. The lowest BCUT2D eigenvalue weighted by atomic mass is 9.96. The normalized spacial score (nSPS) is 24.2.